The second-order valence-electron chi connectivity index (χ2n) is 6.18. The van der Waals surface area contributed by atoms with Gasteiger partial charge in [-0.15, -0.1) is 0 Å². The topological polar surface area (TPSA) is 15.7 Å². The fraction of sp³-hybridized carbons (Fsp3) is 1.00. The summed E-state index contributed by atoms with van der Waals surface area (Å²) < 4.78 is 5.51. The first kappa shape index (κ1) is 15.9. The van der Waals surface area contributed by atoms with E-state index in [0.717, 1.165) is 19.5 Å². The third kappa shape index (κ3) is 5.83. The Balaban J connectivity index is 4.30. The lowest BCUT2D eigenvalue weighted by Crippen LogP contribution is -2.48. The lowest BCUT2D eigenvalue weighted by atomic mass is 9.88. The maximum atomic E-state index is 5.51. The van der Waals surface area contributed by atoms with Crippen molar-refractivity contribution in [3.05, 3.63) is 0 Å². The fourth-order valence-electron chi connectivity index (χ4n) is 1.90. The van der Waals surface area contributed by atoms with E-state index in [4.69, 9.17) is 4.74 Å². The minimum absolute atomic E-state index is 0.0596. The first-order valence-corrected chi connectivity index (χ1v) is 6.02. The van der Waals surface area contributed by atoms with Crippen molar-refractivity contribution in [1.82, 2.24) is 9.80 Å². The predicted molar refractivity (Wildman–Crippen MR) is 71.0 cm³/mol. The van der Waals surface area contributed by atoms with Gasteiger partial charge in [-0.05, 0) is 55.3 Å². The molecule has 0 N–H and O–H groups in total. The molecule has 0 saturated carbocycles. The number of nitrogens with zero attached hydrogens (tertiary/aromatic N) is 2. The number of hydrogen-bond acceptors (Lipinski definition) is 3. The van der Waals surface area contributed by atoms with Crippen LogP contribution in [0.15, 0.2) is 0 Å². The maximum Gasteiger partial charge on any atom is 0.0640 e. The Bertz CT molecular complexity index is 200. The molecule has 0 rings (SSSR count). The molecule has 0 heterocycles. The molecule has 0 aliphatic rings. The summed E-state index contributed by atoms with van der Waals surface area (Å²) in [6.07, 6.45) is 1.03. The number of rotatable bonds is 7. The van der Waals surface area contributed by atoms with E-state index >= 15 is 0 Å². The van der Waals surface area contributed by atoms with Crippen LogP contribution in [-0.2, 0) is 4.74 Å². The molecule has 0 aromatic rings. The smallest absolute Gasteiger partial charge is 0.0640 e. The molecule has 0 aromatic carbocycles. The van der Waals surface area contributed by atoms with Crippen molar-refractivity contribution in [2.75, 3.05) is 41.3 Å². The second kappa shape index (κ2) is 5.99. The number of ether oxygens (including phenoxy) is 1. The summed E-state index contributed by atoms with van der Waals surface area (Å²) in [5.74, 6) is 0. The van der Waals surface area contributed by atoms with Crippen molar-refractivity contribution in [1.29, 1.82) is 0 Å². The molecular weight excluding hydrogens is 200 g/mol. The normalized spacial score (nSPS) is 13.9. The van der Waals surface area contributed by atoms with Crippen molar-refractivity contribution in [3.63, 3.8) is 0 Å². The summed E-state index contributed by atoms with van der Waals surface area (Å²) >= 11 is 0. The molecule has 0 fully saturated rings. The fourth-order valence-corrected chi connectivity index (χ4v) is 1.90. The van der Waals surface area contributed by atoms with Gasteiger partial charge >= 0.3 is 0 Å². The zero-order chi connectivity index (χ0) is 13.0. The Labute approximate surface area is 102 Å². The Morgan fingerprint density at radius 3 is 1.81 bits per heavy atom. The molecule has 16 heavy (non-hydrogen) atoms. The Morgan fingerprint density at radius 2 is 1.44 bits per heavy atom. The van der Waals surface area contributed by atoms with Gasteiger partial charge in [0.05, 0.1) is 5.60 Å². The maximum absolute atomic E-state index is 5.51. The quantitative estimate of drug-likeness (QED) is 0.666. The van der Waals surface area contributed by atoms with Gasteiger partial charge in [0.1, 0.15) is 0 Å². The zero-order valence-electron chi connectivity index (χ0n) is 12.4. The molecular formula is C13H30N2O. The van der Waals surface area contributed by atoms with Crippen LogP contribution in [0, 0.1) is 0 Å². The average Bonchev–Trinajstić information content (AvgIpc) is 2.12. The van der Waals surface area contributed by atoms with Crippen LogP contribution < -0.4 is 0 Å². The average molecular weight is 230 g/mol. The van der Waals surface area contributed by atoms with Crippen LogP contribution in [0.25, 0.3) is 0 Å². The van der Waals surface area contributed by atoms with Gasteiger partial charge in [-0.1, -0.05) is 0 Å². The highest BCUT2D eigenvalue weighted by Crippen LogP contribution is 2.26. The van der Waals surface area contributed by atoms with Crippen LogP contribution in [0.3, 0.4) is 0 Å². The summed E-state index contributed by atoms with van der Waals surface area (Å²) in [4.78, 5) is 4.63. The lowest BCUT2D eigenvalue weighted by molar-refractivity contribution is -0.0265. The number of methoxy groups -OCH3 is 1. The summed E-state index contributed by atoms with van der Waals surface area (Å²) in [6.45, 7) is 11.0. The molecule has 0 aliphatic heterocycles. The van der Waals surface area contributed by atoms with Gasteiger partial charge in [-0.3, -0.25) is 4.90 Å². The van der Waals surface area contributed by atoms with Crippen LogP contribution in [0.1, 0.15) is 34.1 Å². The Hall–Kier alpha value is -0.120. The predicted octanol–water partition coefficient (Wildman–Crippen LogP) is 2.07. The minimum atomic E-state index is -0.0596. The molecule has 3 heteroatoms. The third-order valence-corrected chi connectivity index (χ3v) is 3.33. The highest BCUT2D eigenvalue weighted by molar-refractivity contribution is 4.87. The van der Waals surface area contributed by atoms with E-state index in [1.807, 2.05) is 0 Å². The SMILES string of the molecule is COC(C)(C)CC(C)(C)N(C)CCN(C)C. The molecule has 98 valence electrons. The van der Waals surface area contributed by atoms with E-state index < -0.39 is 0 Å². The summed E-state index contributed by atoms with van der Waals surface area (Å²) in [5.41, 5.74) is 0.103. The molecule has 0 bridgehead atoms. The molecule has 0 aromatic heterocycles. The monoisotopic (exact) mass is 230 g/mol. The van der Waals surface area contributed by atoms with Gasteiger partial charge in [-0.2, -0.15) is 0 Å². The molecule has 0 amide bonds. The highest BCUT2D eigenvalue weighted by atomic mass is 16.5. The van der Waals surface area contributed by atoms with Gasteiger partial charge in [0.2, 0.25) is 0 Å². The van der Waals surface area contributed by atoms with E-state index in [-0.39, 0.29) is 11.1 Å². The van der Waals surface area contributed by atoms with Crippen LogP contribution in [-0.4, -0.2) is 62.3 Å². The van der Waals surface area contributed by atoms with E-state index in [1.165, 1.54) is 0 Å². The van der Waals surface area contributed by atoms with Gasteiger partial charge in [0, 0.05) is 25.7 Å². The molecule has 0 aliphatic carbocycles. The van der Waals surface area contributed by atoms with Crippen molar-refractivity contribution in [2.24, 2.45) is 0 Å². The first-order chi connectivity index (χ1) is 7.10. The van der Waals surface area contributed by atoms with Gasteiger partial charge in [0.15, 0.2) is 0 Å². The highest BCUT2D eigenvalue weighted by Gasteiger charge is 2.31. The van der Waals surface area contributed by atoms with Crippen LogP contribution in [0.5, 0.6) is 0 Å². The van der Waals surface area contributed by atoms with Crippen LogP contribution >= 0.6 is 0 Å². The molecule has 0 unspecified atom stereocenters. The minimum Gasteiger partial charge on any atom is -0.379 e. The van der Waals surface area contributed by atoms with Gasteiger partial charge in [-0.25, -0.2) is 0 Å². The molecule has 0 radical (unpaired) electrons. The largest absolute Gasteiger partial charge is 0.379 e. The number of hydrogen-bond donors (Lipinski definition) is 0. The van der Waals surface area contributed by atoms with Gasteiger partial charge < -0.3 is 9.64 Å². The summed E-state index contributed by atoms with van der Waals surface area (Å²) in [6, 6.07) is 0. The van der Waals surface area contributed by atoms with Crippen molar-refractivity contribution >= 4 is 0 Å². The van der Waals surface area contributed by atoms with Crippen molar-refractivity contribution < 1.29 is 4.74 Å². The van der Waals surface area contributed by atoms with Gasteiger partial charge in [0.25, 0.3) is 0 Å². The first-order valence-electron chi connectivity index (χ1n) is 6.02. The molecule has 0 spiro atoms. The standard InChI is InChI=1S/C13H30N2O/c1-12(2,11-13(3,4)16-8)15(7)10-9-14(5)6/h9-11H2,1-8H3. The summed E-state index contributed by atoms with van der Waals surface area (Å²) in [5, 5.41) is 0. The summed E-state index contributed by atoms with van der Waals surface area (Å²) in [7, 11) is 8.20. The number of likely N-dealkylation sites (N-methyl/N-ethyl adjacent to an activating group) is 2. The van der Waals surface area contributed by atoms with E-state index in [1.54, 1.807) is 7.11 Å². The zero-order valence-corrected chi connectivity index (χ0v) is 12.4. The van der Waals surface area contributed by atoms with Crippen molar-refractivity contribution in [2.45, 2.75) is 45.3 Å². The molecule has 0 atom stereocenters. The lowest BCUT2D eigenvalue weighted by Gasteiger charge is -2.41. The van der Waals surface area contributed by atoms with E-state index in [9.17, 15) is 0 Å². The Kier molecular flexibility index (Phi) is 5.94. The van der Waals surface area contributed by atoms with Crippen molar-refractivity contribution in [3.8, 4) is 0 Å². The Morgan fingerprint density at radius 1 is 0.938 bits per heavy atom. The second-order valence-corrected chi connectivity index (χ2v) is 6.18. The van der Waals surface area contributed by atoms with E-state index in [2.05, 4.69) is 58.6 Å². The third-order valence-electron chi connectivity index (χ3n) is 3.33. The van der Waals surface area contributed by atoms with Crippen LogP contribution in [0.4, 0.5) is 0 Å². The molecule has 0 saturated heterocycles. The molecule has 3 nitrogen and oxygen atoms in total. The van der Waals surface area contributed by atoms with Crippen LogP contribution in [0.2, 0.25) is 0 Å². The van der Waals surface area contributed by atoms with E-state index in [0.29, 0.717) is 0 Å².